The number of hydrogen-bond donors (Lipinski definition) is 1. The standard InChI is InChI=1S/C14H17IN2O4/c1-3-4-11(7-8-16-12(18)9-15)10(2)21-17-13(19)5-6-14(17)20/h3-4,7H,2,5-6,8-9H2,1H3,(H,16,18)/b4-3-,11-7+. The molecule has 1 N–H and O–H groups in total. The smallest absolute Gasteiger partial charge is 0.263 e. The molecule has 0 aromatic rings. The second kappa shape index (κ2) is 8.60. The molecule has 0 radical (unpaired) electrons. The van der Waals surface area contributed by atoms with Crippen molar-refractivity contribution in [2.75, 3.05) is 11.0 Å². The molecule has 3 amide bonds. The molecule has 21 heavy (non-hydrogen) atoms. The molecule has 7 heteroatoms. The molecule has 0 aromatic heterocycles. The molecule has 1 aliphatic heterocycles. The van der Waals surface area contributed by atoms with Gasteiger partial charge in [-0.05, 0) is 6.92 Å². The summed E-state index contributed by atoms with van der Waals surface area (Å²) in [5, 5.41) is 3.43. The first kappa shape index (κ1) is 17.4. The van der Waals surface area contributed by atoms with E-state index in [1.807, 2.05) is 29.5 Å². The van der Waals surface area contributed by atoms with Crippen molar-refractivity contribution in [3.8, 4) is 0 Å². The molecule has 0 saturated carbocycles. The van der Waals surface area contributed by atoms with Crippen LogP contribution in [0.4, 0.5) is 0 Å². The zero-order chi connectivity index (χ0) is 15.8. The molecule has 0 spiro atoms. The van der Waals surface area contributed by atoms with Gasteiger partial charge in [-0.1, -0.05) is 47.4 Å². The summed E-state index contributed by atoms with van der Waals surface area (Å²) < 4.78 is 0.374. The zero-order valence-electron chi connectivity index (χ0n) is 11.7. The van der Waals surface area contributed by atoms with Crippen molar-refractivity contribution < 1.29 is 19.2 Å². The van der Waals surface area contributed by atoms with E-state index in [0.29, 0.717) is 16.5 Å². The van der Waals surface area contributed by atoms with Crippen molar-refractivity contribution in [1.29, 1.82) is 0 Å². The van der Waals surface area contributed by atoms with Crippen LogP contribution in [0.15, 0.2) is 36.1 Å². The first-order valence-electron chi connectivity index (χ1n) is 6.38. The molecule has 1 saturated heterocycles. The van der Waals surface area contributed by atoms with Crippen LogP contribution in [0.5, 0.6) is 0 Å². The summed E-state index contributed by atoms with van der Waals surface area (Å²) in [5.74, 6) is -0.651. The van der Waals surface area contributed by atoms with Crippen LogP contribution in [-0.4, -0.2) is 33.8 Å². The number of halogens is 1. The van der Waals surface area contributed by atoms with Gasteiger partial charge in [-0.2, -0.15) is 0 Å². The minimum Gasteiger partial charge on any atom is -0.369 e. The van der Waals surface area contributed by atoms with Crippen LogP contribution in [0.3, 0.4) is 0 Å². The monoisotopic (exact) mass is 404 g/mol. The number of imide groups is 1. The fourth-order valence-electron chi connectivity index (χ4n) is 1.60. The third kappa shape index (κ3) is 5.33. The SMILES string of the molecule is C=C(ON1C(=O)CCC1=O)C(/C=C\C)=C/CNC(=O)CI. The highest BCUT2D eigenvalue weighted by molar-refractivity contribution is 14.1. The Morgan fingerprint density at radius 1 is 1.43 bits per heavy atom. The molecule has 6 nitrogen and oxygen atoms in total. The largest absolute Gasteiger partial charge is 0.369 e. The number of hydroxylamine groups is 2. The summed E-state index contributed by atoms with van der Waals surface area (Å²) >= 11 is 1.97. The van der Waals surface area contributed by atoms with Crippen LogP contribution in [0, 0.1) is 0 Å². The van der Waals surface area contributed by atoms with E-state index < -0.39 is 0 Å². The summed E-state index contributed by atoms with van der Waals surface area (Å²) in [6, 6.07) is 0. The van der Waals surface area contributed by atoms with Crippen LogP contribution in [0.25, 0.3) is 0 Å². The highest BCUT2D eigenvalue weighted by atomic mass is 127. The van der Waals surface area contributed by atoms with Crippen molar-refractivity contribution in [3.05, 3.63) is 36.1 Å². The van der Waals surface area contributed by atoms with Gasteiger partial charge in [0.15, 0.2) is 5.76 Å². The minimum absolute atomic E-state index is 0.0805. The number of alkyl halides is 1. The number of amides is 3. The molecule has 1 fully saturated rings. The highest BCUT2D eigenvalue weighted by Gasteiger charge is 2.31. The maximum absolute atomic E-state index is 11.5. The summed E-state index contributed by atoms with van der Waals surface area (Å²) in [7, 11) is 0. The lowest BCUT2D eigenvalue weighted by molar-refractivity contribution is -0.175. The lowest BCUT2D eigenvalue weighted by Crippen LogP contribution is -2.29. The fourth-order valence-corrected chi connectivity index (χ4v) is 1.87. The molecule has 0 bridgehead atoms. The second-order valence-electron chi connectivity index (χ2n) is 4.19. The topological polar surface area (TPSA) is 75.7 Å². The van der Waals surface area contributed by atoms with E-state index in [1.54, 1.807) is 18.2 Å². The Bertz CT molecular complexity index is 495. The van der Waals surface area contributed by atoms with Gasteiger partial charge in [0, 0.05) is 25.0 Å². The molecule has 0 unspecified atom stereocenters. The molecule has 1 heterocycles. The molecule has 1 rings (SSSR count). The zero-order valence-corrected chi connectivity index (χ0v) is 13.9. The van der Waals surface area contributed by atoms with Crippen LogP contribution in [-0.2, 0) is 19.2 Å². The van der Waals surface area contributed by atoms with Crippen molar-refractivity contribution in [2.24, 2.45) is 0 Å². The second-order valence-corrected chi connectivity index (χ2v) is 4.96. The molecule has 0 atom stereocenters. The molecular weight excluding hydrogens is 387 g/mol. The van der Waals surface area contributed by atoms with Gasteiger partial charge in [0.2, 0.25) is 5.91 Å². The van der Waals surface area contributed by atoms with Crippen molar-refractivity contribution in [3.63, 3.8) is 0 Å². The van der Waals surface area contributed by atoms with Gasteiger partial charge in [-0.3, -0.25) is 14.4 Å². The molecule has 114 valence electrons. The maximum atomic E-state index is 11.5. The fraction of sp³-hybridized carbons (Fsp3) is 0.357. The van der Waals surface area contributed by atoms with E-state index in [2.05, 4.69) is 11.9 Å². The number of carbonyl (C=O) groups is 3. The Labute approximate surface area is 137 Å². The summed E-state index contributed by atoms with van der Waals surface area (Å²) in [6.45, 7) is 5.85. The predicted molar refractivity (Wildman–Crippen MR) is 86.1 cm³/mol. The van der Waals surface area contributed by atoms with Gasteiger partial charge >= 0.3 is 0 Å². The van der Waals surface area contributed by atoms with E-state index in [1.165, 1.54) is 0 Å². The van der Waals surface area contributed by atoms with E-state index in [9.17, 15) is 14.4 Å². The van der Waals surface area contributed by atoms with E-state index in [-0.39, 0.29) is 36.3 Å². The maximum Gasteiger partial charge on any atom is 0.263 e. The number of rotatable bonds is 7. The van der Waals surface area contributed by atoms with Crippen molar-refractivity contribution in [1.82, 2.24) is 10.4 Å². The van der Waals surface area contributed by atoms with E-state index in [4.69, 9.17) is 4.84 Å². The third-order valence-electron chi connectivity index (χ3n) is 2.62. The molecular formula is C14H17IN2O4. The molecule has 0 aromatic carbocycles. The van der Waals surface area contributed by atoms with Crippen molar-refractivity contribution >= 4 is 40.3 Å². The number of carbonyl (C=O) groups excluding carboxylic acids is 3. The van der Waals surface area contributed by atoms with Gasteiger partial charge in [0.05, 0.1) is 4.43 Å². The average molecular weight is 404 g/mol. The van der Waals surface area contributed by atoms with E-state index >= 15 is 0 Å². The lowest BCUT2D eigenvalue weighted by Gasteiger charge is -2.16. The Hall–Kier alpha value is -1.64. The molecule has 1 aliphatic rings. The summed E-state index contributed by atoms with van der Waals surface area (Å²) in [6.07, 6.45) is 5.51. The Morgan fingerprint density at radius 3 is 2.57 bits per heavy atom. The van der Waals surface area contributed by atoms with Gasteiger partial charge in [0.25, 0.3) is 11.8 Å². The number of nitrogens with one attached hydrogen (secondary N) is 1. The Morgan fingerprint density at radius 2 is 2.05 bits per heavy atom. The average Bonchev–Trinajstić information content (AvgIpc) is 2.77. The van der Waals surface area contributed by atoms with Gasteiger partial charge in [-0.15, -0.1) is 5.06 Å². The Kier molecular flexibility index (Phi) is 7.13. The number of nitrogens with zero attached hydrogens (tertiary/aromatic N) is 1. The minimum atomic E-state index is -0.376. The Balaban J connectivity index is 2.69. The summed E-state index contributed by atoms with van der Waals surface area (Å²) in [5.41, 5.74) is 0.596. The van der Waals surface area contributed by atoms with Crippen LogP contribution >= 0.6 is 22.6 Å². The first-order chi connectivity index (χ1) is 9.99. The summed E-state index contributed by atoms with van der Waals surface area (Å²) in [4.78, 5) is 39.4. The first-order valence-corrected chi connectivity index (χ1v) is 7.90. The van der Waals surface area contributed by atoms with E-state index in [0.717, 1.165) is 5.06 Å². The van der Waals surface area contributed by atoms with Gasteiger partial charge in [-0.25, -0.2) is 0 Å². The van der Waals surface area contributed by atoms with Gasteiger partial charge < -0.3 is 10.2 Å². The van der Waals surface area contributed by atoms with Crippen LogP contribution < -0.4 is 5.32 Å². The molecule has 0 aliphatic carbocycles. The lowest BCUT2D eigenvalue weighted by atomic mass is 10.2. The normalized spacial score (nSPS) is 15.7. The quantitative estimate of drug-likeness (QED) is 0.230. The third-order valence-corrected chi connectivity index (χ3v) is 3.31. The van der Waals surface area contributed by atoms with Gasteiger partial charge in [0.1, 0.15) is 0 Å². The predicted octanol–water partition coefficient (Wildman–Crippen LogP) is 1.63. The van der Waals surface area contributed by atoms with Crippen LogP contribution in [0.2, 0.25) is 0 Å². The van der Waals surface area contributed by atoms with Crippen LogP contribution in [0.1, 0.15) is 19.8 Å². The van der Waals surface area contributed by atoms with Crippen molar-refractivity contribution in [2.45, 2.75) is 19.8 Å². The number of hydrogen-bond acceptors (Lipinski definition) is 4. The number of allylic oxidation sites excluding steroid dienone is 2. The highest BCUT2D eigenvalue weighted by Crippen LogP contribution is 2.19.